The number of primary amides is 1. The summed E-state index contributed by atoms with van der Waals surface area (Å²) in [4.78, 5) is 10.5. The van der Waals surface area contributed by atoms with Gasteiger partial charge in [0.15, 0.2) is 0 Å². The lowest BCUT2D eigenvalue weighted by molar-refractivity contribution is -0.124. The summed E-state index contributed by atoms with van der Waals surface area (Å²) >= 11 is 0. The van der Waals surface area contributed by atoms with Crippen molar-refractivity contribution in [3.8, 4) is 17.6 Å². The predicted molar refractivity (Wildman–Crippen MR) is 105 cm³/mol. The molecule has 0 saturated carbocycles. The van der Waals surface area contributed by atoms with Crippen molar-refractivity contribution >= 4 is 5.91 Å². The van der Waals surface area contributed by atoms with Crippen molar-refractivity contribution in [2.24, 2.45) is 5.73 Å². The van der Waals surface area contributed by atoms with Crippen LogP contribution >= 0.6 is 0 Å². The van der Waals surface area contributed by atoms with E-state index in [2.05, 4.69) is 11.8 Å². The third kappa shape index (κ3) is 12.2. The molecule has 0 aliphatic heterocycles. The number of allylic oxidation sites excluding steroid dienone is 4. The molecule has 1 amide bonds. The fraction of sp³-hybridized carbons (Fsp3) is 0.286. The number of nitrogens with two attached hydrogens (primary N) is 1. The number of halogens is 1. The molecule has 29 heavy (non-hydrogen) atoms. The van der Waals surface area contributed by atoms with Crippen molar-refractivity contribution < 1.29 is 34.0 Å². The Hall–Kier alpha value is -2.96. The zero-order chi connectivity index (χ0) is 21.5. The summed E-state index contributed by atoms with van der Waals surface area (Å²) < 4.78 is 22.9. The number of amides is 1. The second kappa shape index (κ2) is 14.1. The molecule has 0 bridgehead atoms. The molecule has 1 aromatic rings. The molecule has 0 aromatic heterocycles. The van der Waals surface area contributed by atoms with Crippen LogP contribution in [0.4, 0.5) is 4.39 Å². The smallest absolute Gasteiger partial charge is 0.243 e. The van der Waals surface area contributed by atoms with Crippen LogP contribution in [0.25, 0.3) is 0 Å². The van der Waals surface area contributed by atoms with Gasteiger partial charge in [0.1, 0.15) is 43.1 Å². The number of carbonyl (C=O) groups is 1. The van der Waals surface area contributed by atoms with Gasteiger partial charge in [-0.1, -0.05) is 30.1 Å². The lowest BCUT2D eigenvalue weighted by atomic mass is 10.2. The Morgan fingerprint density at radius 3 is 2.45 bits per heavy atom. The molecule has 1 rings (SSSR count). The molecule has 0 heterocycles. The molecule has 3 unspecified atom stereocenters. The Morgan fingerprint density at radius 1 is 1.07 bits per heavy atom. The maximum atomic E-state index is 12.8. The van der Waals surface area contributed by atoms with E-state index in [-0.39, 0.29) is 25.6 Å². The van der Waals surface area contributed by atoms with Crippen LogP contribution in [-0.2, 0) is 9.53 Å². The first-order valence-corrected chi connectivity index (χ1v) is 8.68. The predicted octanol–water partition coefficient (Wildman–Crippen LogP) is 0.461. The number of benzene rings is 1. The number of hydrogen-bond donors (Lipinski definition) is 4. The summed E-state index contributed by atoms with van der Waals surface area (Å²) in [5.41, 5.74) is 4.88. The lowest BCUT2D eigenvalue weighted by Crippen LogP contribution is -2.30. The van der Waals surface area contributed by atoms with Crippen LogP contribution in [0, 0.1) is 17.7 Å². The molecular weight excluding hydrogens is 381 g/mol. The topological polar surface area (TPSA) is 122 Å². The largest absolute Gasteiger partial charge is 0.491 e. The fourth-order valence-electron chi connectivity index (χ4n) is 1.81. The van der Waals surface area contributed by atoms with Crippen LogP contribution in [0.3, 0.4) is 0 Å². The molecule has 0 spiro atoms. The summed E-state index contributed by atoms with van der Waals surface area (Å²) in [7, 11) is 0. The number of ether oxygens (including phenoxy) is 2. The molecule has 156 valence electrons. The third-order valence-electron chi connectivity index (χ3n) is 3.25. The van der Waals surface area contributed by atoms with Gasteiger partial charge in [0.05, 0.1) is 6.61 Å². The summed E-state index contributed by atoms with van der Waals surface area (Å²) in [5.74, 6) is 4.79. The molecule has 0 aliphatic carbocycles. The van der Waals surface area contributed by atoms with Gasteiger partial charge < -0.3 is 30.5 Å². The molecule has 3 atom stereocenters. The van der Waals surface area contributed by atoms with Crippen LogP contribution in [0.5, 0.6) is 5.75 Å². The second-order valence-corrected chi connectivity index (χ2v) is 5.76. The van der Waals surface area contributed by atoms with Gasteiger partial charge in [-0.3, -0.25) is 4.79 Å². The minimum Gasteiger partial charge on any atom is -0.491 e. The molecule has 8 heteroatoms. The summed E-state index contributed by atoms with van der Waals surface area (Å²) in [5, 5.41) is 29.0. The molecule has 0 fully saturated rings. The quantitative estimate of drug-likeness (QED) is 0.313. The summed E-state index contributed by atoms with van der Waals surface area (Å²) in [6.45, 7) is -0.550. The van der Waals surface area contributed by atoms with Crippen molar-refractivity contribution in [3.63, 3.8) is 0 Å². The van der Waals surface area contributed by atoms with Gasteiger partial charge in [-0.05, 0) is 42.5 Å². The van der Waals surface area contributed by atoms with Crippen LogP contribution in [0.2, 0.25) is 0 Å². The molecule has 0 aliphatic rings. The van der Waals surface area contributed by atoms with Gasteiger partial charge in [-0.2, -0.15) is 0 Å². The van der Waals surface area contributed by atoms with E-state index in [1.807, 2.05) is 0 Å². The Labute approximate surface area is 168 Å². The summed E-state index contributed by atoms with van der Waals surface area (Å²) in [6.07, 6.45) is 5.57. The highest BCUT2D eigenvalue weighted by molar-refractivity contribution is 5.74. The van der Waals surface area contributed by atoms with Crippen molar-refractivity contribution in [2.45, 2.75) is 18.3 Å². The Balaban J connectivity index is 2.27. The fourth-order valence-corrected chi connectivity index (χ4v) is 1.81. The van der Waals surface area contributed by atoms with Crippen LogP contribution in [0.1, 0.15) is 0 Å². The van der Waals surface area contributed by atoms with E-state index in [0.29, 0.717) is 5.75 Å². The van der Waals surface area contributed by atoms with Gasteiger partial charge in [0.2, 0.25) is 5.91 Å². The first kappa shape index (κ1) is 24.1. The Kier molecular flexibility index (Phi) is 11.7. The maximum Gasteiger partial charge on any atom is 0.243 e. The Bertz CT molecular complexity index is 764. The number of hydrogen-bond acceptors (Lipinski definition) is 6. The maximum absolute atomic E-state index is 12.8. The van der Waals surface area contributed by atoms with Crippen molar-refractivity contribution in [3.05, 3.63) is 66.5 Å². The highest BCUT2D eigenvalue weighted by Crippen LogP contribution is 2.11. The summed E-state index contributed by atoms with van der Waals surface area (Å²) in [6, 6.07) is 5.46. The zero-order valence-electron chi connectivity index (χ0n) is 15.6. The monoisotopic (exact) mass is 405 g/mol. The lowest BCUT2D eigenvalue weighted by Gasteiger charge is -2.13. The minimum atomic E-state index is -1.19. The SMILES string of the molecule is NC(=O)COCC(O)C(O)C=CC=CC#CC=CC(O)COc1ccc(F)cc1. The second-order valence-electron chi connectivity index (χ2n) is 5.76. The van der Waals surface area contributed by atoms with E-state index in [9.17, 15) is 24.5 Å². The number of rotatable bonds is 11. The number of aliphatic hydroxyl groups excluding tert-OH is 3. The first-order valence-electron chi connectivity index (χ1n) is 8.68. The Morgan fingerprint density at radius 2 is 1.76 bits per heavy atom. The molecule has 7 nitrogen and oxygen atoms in total. The van der Waals surface area contributed by atoms with Gasteiger partial charge in [0, 0.05) is 0 Å². The van der Waals surface area contributed by atoms with Crippen molar-refractivity contribution in [1.82, 2.24) is 0 Å². The molecule has 1 aromatic carbocycles. The van der Waals surface area contributed by atoms with E-state index in [4.69, 9.17) is 15.2 Å². The van der Waals surface area contributed by atoms with E-state index < -0.39 is 24.2 Å². The first-order chi connectivity index (χ1) is 13.9. The van der Waals surface area contributed by atoms with Crippen molar-refractivity contribution in [1.29, 1.82) is 0 Å². The minimum absolute atomic E-state index is 0.00571. The molecule has 5 N–H and O–H groups in total. The van der Waals surface area contributed by atoms with Crippen LogP contribution in [-0.4, -0.2) is 59.4 Å². The van der Waals surface area contributed by atoms with Gasteiger partial charge in [0.25, 0.3) is 0 Å². The van der Waals surface area contributed by atoms with E-state index in [1.54, 1.807) is 6.08 Å². The number of aliphatic hydroxyl groups is 3. The van der Waals surface area contributed by atoms with Gasteiger partial charge >= 0.3 is 0 Å². The highest BCUT2D eigenvalue weighted by atomic mass is 19.1. The van der Waals surface area contributed by atoms with E-state index >= 15 is 0 Å². The standard InChI is InChI=1S/C21H24FNO6/c22-16-9-11-18(12-10-16)29-13-17(24)7-5-3-1-2-4-6-8-19(25)20(26)14-28-15-21(23)27/h2,4-12,17,19-20,24-26H,13-15H2,(H2,23,27). The third-order valence-corrected chi connectivity index (χ3v) is 3.25. The van der Waals surface area contributed by atoms with Gasteiger partial charge in [-0.25, -0.2) is 4.39 Å². The van der Waals surface area contributed by atoms with Crippen LogP contribution < -0.4 is 10.5 Å². The average molecular weight is 405 g/mol. The van der Waals surface area contributed by atoms with E-state index in [1.165, 1.54) is 54.6 Å². The molecule has 0 saturated heterocycles. The normalized spacial score (nSPS) is 14.6. The van der Waals surface area contributed by atoms with Gasteiger partial charge in [-0.15, -0.1) is 0 Å². The highest BCUT2D eigenvalue weighted by Gasteiger charge is 2.13. The van der Waals surface area contributed by atoms with Crippen molar-refractivity contribution in [2.75, 3.05) is 19.8 Å². The average Bonchev–Trinajstić information content (AvgIpc) is 2.69. The van der Waals surface area contributed by atoms with Crippen LogP contribution in [0.15, 0.2) is 60.7 Å². The van der Waals surface area contributed by atoms with E-state index in [0.717, 1.165) is 0 Å². The molecular formula is C21H24FNO6. The zero-order valence-corrected chi connectivity index (χ0v) is 15.6. The number of carbonyl (C=O) groups excluding carboxylic acids is 1. The molecule has 0 radical (unpaired) electrons.